The summed E-state index contributed by atoms with van der Waals surface area (Å²) >= 11 is 6.16. The van der Waals surface area contributed by atoms with Crippen LogP contribution < -0.4 is 15.0 Å². The van der Waals surface area contributed by atoms with Crippen LogP contribution in [-0.4, -0.2) is 38.8 Å². The fraction of sp³-hybridized carbons (Fsp3) is 0.217. The number of hydrogen-bond donors (Lipinski definition) is 1. The van der Waals surface area contributed by atoms with Gasteiger partial charge in [0.25, 0.3) is 5.91 Å². The highest BCUT2D eigenvalue weighted by Gasteiger charge is 2.19. The van der Waals surface area contributed by atoms with Crippen LogP contribution in [0.25, 0.3) is 6.08 Å². The van der Waals surface area contributed by atoms with Gasteiger partial charge in [0.2, 0.25) is 0 Å². The number of morpholine rings is 1. The lowest BCUT2D eigenvalue weighted by molar-refractivity contribution is -0.112. The van der Waals surface area contributed by atoms with Gasteiger partial charge in [-0.25, -0.2) is 0 Å². The molecule has 2 heterocycles. The molecule has 30 heavy (non-hydrogen) atoms. The minimum Gasteiger partial charge on any atom is -0.488 e. The largest absolute Gasteiger partial charge is 0.488 e. The Morgan fingerprint density at radius 3 is 2.80 bits per heavy atom. The predicted octanol–water partition coefficient (Wildman–Crippen LogP) is 4.04. The first-order chi connectivity index (χ1) is 14.6. The molecule has 4 rings (SSSR count). The number of ether oxygens (including phenoxy) is 2. The molecule has 0 saturated carbocycles. The molecule has 0 radical (unpaired) electrons. The molecule has 0 unspecified atom stereocenters. The van der Waals surface area contributed by atoms with Crippen LogP contribution in [0.2, 0.25) is 5.02 Å². The van der Waals surface area contributed by atoms with E-state index in [0.717, 1.165) is 35.7 Å². The van der Waals surface area contributed by atoms with Gasteiger partial charge in [0.15, 0.2) is 0 Å². The Morgan fingerprint density at radius 2 is 2.00 bits per heavy atom. The number of anilines is 2. The van der Waals surface area contributed by atoms with E-state index in [4.69, 9.17) is 21.1 Å². The van der Waals surface area contributed by atoms with E-state index in [1.54, 1.807) is 18.2 Å². The smallest absolute Gasteiger partial charge is 0.266 e. The molecule has 2 aromatic rings. The predicted molar refractivity (Wildman–Crippen MR) is 117 cm³/mol. The van der Waals surface area contributed by atoms with E-state index in [0.29, 0.717) is 30.5 Å². The molecule has 2 aliphatic heterocycles. The molecular formula is C23H20ClN3O3. The van der Waals surface area contributed by atoms with E-state index >= 15 is 0 Å². The number of carbonyl (C=O) groups is 1. The number of nitrogens with one attached hydrogen (secondary N) is 1. The Hall–Kier alpha value is -3.27. The third-order valence-electron chi connectivity index (χ3n) is 4.91. The van der Waals surface area contributed by atoms with Crippen molar-refractivity contribution >= 4 is 35.0 Å². The number of hydrogen-bond acceptors (Lipinski definition) is 5. The Morgan fingerprint density at radius 1 is 1.20 bits per heavy atom. The summed E-state index contributed by atoms with van der Waals surface area (Å²) in [5.41, 5.74) is 3.08. The average Bonchev–Trinajstić information content (AvgIpc) is 2.78. The van der Waals surface area contributed by atoms with Crippen molar-refractivity contribution in [2.75, 3.05) is 43.1 Å². The van der Waals surface area contributed by atoms with E-state index < -0.39 is 5.91 Å². The number of nitriles is 1. The molecule has 0 spiro atoms. The monoisotopic (exact) mass is 421 g/mol. The van der Waals surface area contributed by atoms with Crippen molar-refractivity contribution in [1.29, 1.82) is 5.26 Å². The Balaban J connectivity index is 1.57. The molecular weight excluding hydrogens is 402 g/mol. The fourth-order valence-electron chi connectivity index (χ4n) is 3.43. The van der Waals surface area contributed by atoms with Gasteiger partial charge in [0.1, 0.15) is 24.0 Å². The Kier molecular flexibility index (Phi) is 6.03. The number of rotatable bonds is 4. The van der Waals surface area contributed by atoms with Gasteiger partial charge in [0, 0.05) is 23.7 Å². The zero-order chi connectivity index (χ0) is 20.9. The lowest BCUT2D eigenvalue weighted by Crippen LogP contribution is -2.36. The van der Waals surface area contributed by atoms with E-state index in [1.807, 2.05) is 42.5 Å². The second kappa shape index (κ2) is 9.04. The molecule has 1 fully saturated rings. The van der Waals surface area contributed by atoms with Crippen LogP contribution >= 0.6 is 11.6 Å². The minimum atomic E-state index is -0.492. The summed E-state index contributed by atoms with van der Waals surface area (Å²) in [6, 6.07) is 15.0. The van der Waals surface area contributed by atoms with Gasteiger partial charge < -0.3 is 19.7 Å². The number of carbonyl (C=O) groups excluding carboxylic acids is 1. The SMILES string of the molecule is N#C/C(=C/C1=Cc2ccccc2OC1)C(=O)Nc1cc(Cl)ccc1N1CCOCC1. The fourth-order valence-corrected chi connectivity index (χ4v) is 3.60. The molecule has 1 saturated heterocycles. The first-order valence-electron chi connectivity index (χ1n) is 9.62. The second-order valence-corrected chi connectivity index (χ2v) is 7.37. The van der Waals surface area contributed by atoms with Crippen molar-refractivity contribution in [3.8, 4) is 11.8 Å². The van der Waals surface area contributed by atoms with Crippen molar-refractivity contribution in [1.82, 2.24) is 0 Å². The van der Waals surface area contributed by atoms with Crippen LogP contribution in [0.5, 0.6) is 5.75 Å². The molecule has 7 heteroatoms. The number of amides is 1. The summed E-state index contributed by atoms with van der Waals surface area (Å²) in [5.74, 6) is 0.292. The van der Waals surface area contributed by atoms with Crippen molar-refractivity contribution in [2.24, 2.45) is 0 Å². The molecule has 0 atom stereocenters. The van der Waals surface area contributed by atoms with Gasteiger partial charge in [-0.2, -0.15) is 5.26 Å². The Bertz CT molecular complexity index is 1070. The third kappa shape index (κ3) is 4.48. The summed E-state index contributed by atoms with van der Waals surface area (Å²) in [4.78, 5) is 15.0. The maximum absolute atomic E-state index is 12.9. The molecule has 6 nitrogen and oxygen atoms in total. The standard InChI is InChI=1S/C23H20ClN3O3/c24-19-5-6-21(27-7-9-29-10-8-27)20(13-19)26-23(28)18(14-25)12-16-11-17-3-1-2-4-22(17)30-15-16/h1-6,11-13H,7-10,15H2,(H,26,28)/b18-12-. The first kappa shape index (κ1) is 20.0. The number of benzene rings is 2. The van der Waals surface area contributed by atoms with Crippen molar-refractivity contribution in [3.63, 3.8) is 0 Å². The van der Waals surface area contributed by atoms with Gasteiger partial charge in [-0.15, -0.1) is 0 Å². The van der Waals surface area contributed by atoms with Gasteiger partial charge in [-0.3, -0.25) is 4.79 Å². The Labute approximate surface area is 180 Å². The zero-order valence-corrected chi connectivity index (χ0v) is 17.0. The highest BCUT2D eigenvalue weighted by Crippen LogP contribution is 2.31. The van der Waals surface area contributed by atoms with Crippen LogP contribution in [-0.2, 0) is 9.53 Å². The topological polar surface area (TPSA) is 74.6 Å². The molecule has 0 aromatic heterocycles. The second-order valence-electron chi connectivity index (χ2n) is 6.93. The minimum absolute atomic E-state index is 0.00265. The highest BCUT2D eigenvalue weighted by atomic mass is 35.5. The number of nitrogens with zero attached hydrogens (tertiary/aromatic N) is 2. The maximum Gasteiger partial charge on any atom is 0.266 e. The number of halogens is 1. The van der Waals surface area contributed by atoms with E-state index in [1.165, 1.54) is 0 Å². The molecule has 2 aromatic carbocycles. The van der Waals surface area contributed by atoms with Crippen LogP contribution in [0.3, 0.4) is 0 Å². The van der Waals surface area contributed by atoms with Gasteiger partial charge in [-0.05, 0) is 42.0 Å². The lowest BCUT2D eigenvalue weighted by Gasteiger charge is -2.30. The summed E-state index contributed by atoms with van der Waals surface area (Å²) in [5, 5.41) is 12.9. The van der Waals surface area contributed by atoms with Crippen molar-refractivity contribution in [2.45, 2.75) is 0 Å². The molecule has 1 N–H and O–H groups in total. The van der Waals surface area contributed by atoms with Crippen molar-refractivity contribution < 1.29 is 14.3 Å². The van der Waals surface area contributed by atoms with Crippen molar-refractivity contribution in [3.05, 3.63) is 70.3 Å². The first-order valence-corrected chi connectivity index (χ1v) is 9.99. The molecule has 1 amide bonds. The number of para-hydroxylation sites is 1. The average molecular weight is 422 g/mol. The van der Waals surface area contributed by atoms with Crippen LogP contribution in [0.1, 0.15) is 5.56 Å². The normalized spacial score (nSPS) is 16.1. The van der Waals surface area contributed by atoms with Crippen LogP contribution in [0.4, 0.5) is 11.4 Å². The lowest BCUT2D eigenvalue weighted by atomic mass is 10.0. The molecule has 152 valence electrons. The third-order valence-corrected chi connectivity index (χ3v) is 5.14. The summed E-state index contributed by atoms with van der Waals surface area (Å²) in [6.07, 6.45) is 3.48. The van der Waals surface area contributed by atoms with Gasteiger partial charge in [0.05, 0.1) is 24.6 Å². The van der Waals surface area contributed by atoms with Gasteiger partial charge in [-0.1, -0.05) is 29.8 Å². The van der Waals surface area contributed by atoms with E-state index in [9.17, 15) is 10.1 Å². The zero-order valence-electron chi connectivity index (χ0n) is 16.2. The summed E-state index contributed by atoms with van der Waals surface area (Å²) in [7, 11) is 0. The number of fused-ring (bicyclic) bond motifs is 1. The van der Waals surface area contributed by atoms with E-state index in [2.05, 4.69) is 10.2 Å². The van der Waals surface area contributed by atoms with Crippen LogP contribution in [0, 0.1) is 11.3 Å². The van der Waals surface area contributed by atoms with Crippen LogP contribution in [0.15, 0.2) is 59.7 Å². The van der Waals surface area contributed by atoms with E-state index in [-0.39, 0.29) is 5.57 Å². The molecule has 2 aliphatic rings. The molecule has 0 aliphatic carbocycles. The highest BCUT2D eigenvalue weighted by molar-refractivity contribution is 6.31. The quantitative estimate of drug-likeness (QED) is 0.595. The summed E-state index contributed by atoms with van der Waals surface area (Å²) in [6.45, 7) is 2.97. The maximum atomic E-state index is 12.9. The molecule has 0 bridgehead atoms. The summed E-state index contributed by atoms with van der Waals surface area (Å²) < 4.78 is 11.1. The van der Waals surface area contributed by atoms with Gasteiger partial charge >= 0.3 is 0 Å².